The average molecular weight is 672 g/mol. The van der Waals surface area contributed by atoms with Crippen molar-refractivity contribution in [3.63, 3.8) is 0 Å². The summed E-state index contributed by atoms with van der Waals surface area (Å²) in [5.74, 6) is -1.98. The highest BCUT2D eigenvalue weighted by Gasteiger charge is 2.62. The van der Waals surface area contributed by atoms with E-state index in [1.54, 1.807) is 50.2 Å². The van der Waals surface area contributed by atoms with Gasteiger partial charge in [0.15, 0.2) is 12.2 Å². The summed E-state index contributed by atoms with van der Waals surface area (Å²) in [5.41, 5.74) is 5.15. The molecule has 3 aromatic rings. The molecule has 1 fully saturated rings. The molecule has 1 aromatic carbocycles. The maximum absolute atomic E-state index is 14.2. The van der Waals surface area contributed by atoms with Crippen LogP contribution < -0.4 is 15.3 Å². The Morgan fingerprint density at radius 1 is 1.11 bits per heavy atom. The normalized spacial score (nSPS) is 22.5. The monoisotopic (exact) mass is 671 g/mol. The second-order valence-electron chi connectivity index (χ2n) is 10.6. The standard InChI is InChI=1S/C31H38N5O10P/c1-5-17-41-30(39)20(4)35-47(40,46-21-11-9-8-10-12-21)42-19-31(18-32)29(44-26(38)7-3)28(43-25(37)6-2)27(45-31)24-14-13-23-22(33)15-16-34-36(23)24/h8-16,20,27-29H,5-7,17,19,33H2,1-4H3,(H,35,40)/t20-,27-,28-,29-,31+,47?/m0/s1. The van der Waals surface area contributed by atoms with Gasteiger partial charge in [0.05, 0.1) is 23.5 Å². The van der Waals surface area contributed by atoms with Crippen LogP contribution in [0.3, 0.4) is 0 Å². The minimum Gasteiger partial charge on any atom is -0.465 e. The van der Waals surface area contributed by atoms with E-state index in [0.717, 1.165) is 0 Å². The lowest BCUT2D eigenvalue weighted by Crippen LogP contribution is -2.49. The van der Waals surface area contributed by atoms with E-state index < -0.39 is 62.2 Å². The number of fused-ring (bicyclic) bond motifs is 1. The van der Waals surface area contributed by atoms with Gasteiger partial charge in [0, 0.05) is 19.0 Å². The fourth-order valence-electron chi connectivity index (χ4n) is 4.78. The number of nitrogens with two attached hydrogens (primary N) is 1. The van der Waals surface area contributed by atoms with E-state index in [1.165, 1.54) is 29.8 Å². The fraction of sp³-hybridized carbons (Fsp3) is 0.452. The molecule has 0 spiro atoms. The van der Waals surface area contributed by atoms with Gasteiger partial charge in [-0.15, -0.1) is 0 Å². The van der Waals surface area contributed by atoms with Crippen LogP contribution >= 0.6 is 7.75 Å². The van der Waals surface area contributed by atoms with E-state index in [4.69, 9.17) is 33.7 Å². The van der Waals surface area contributed by atoms with Crippen LogP contribution in [-0.4, -0.2) is 64.6 Å². The maximum atomic E-state index is 14.2. The summed E-state index contributed by atoms with van der Waals surface area (Å²) in [6.07, 6.45) is -2.26. The molecule has 4 rings (SSSR count). The highest BCUT2D eigenvalue weighted by Crippen LogP contribution is 2.50. The Kier molecular flexibility index (Phi) is 11.6. The first-order valence-corrected chi connectivity index (χ1v) is 16.7. The first kappa shape index (κ1) is 35.4. The molecular formula is C31H38N5O10P. The molecule has 2 aromatic heterocycles. The van der Waals surface area contributed by atoms with E-state index in [-0.39, 0.29) is 25.2 Å². The topological polar surface area (TPSA) is 203 Å². The van der Waals surface area contributed by atoms with Crippen LogP contribution in [0.5, 0.6) is 5.75 Å². The number of hydrogen-bond acceptors (Lipinski definition) is 13. The van der Waals surface area contributed by atoms with Gasteiger partial charge in [0.1, 0.15) is 30.6 Å². The zero-order valence-electron chi connectivity index (χ0n) is 26.5. The molecule has 3 N–H and O–H groups in total. The summed E-state index contributed by atoms with van der Waals surface area (Å²) in [6, 6.07) is 13.7. The van der Waals surface area contributed by atoms with Crippen LogP contribution in [-0.2, 0) is 42.4 Å². The zero-order chi connectivity index (χ0) is 34.2. The second kappa shape index (κ2) is 15.4. The molecule has 47 heavy (non-hydrogen) atoms. The van der Waals surface area contributed by atoms with Gasteiger partial charge in [-0.05, 0) is 43.7 Å². The number of hydrogen-bond donors (Lipinski definition) is 2. The molecule has 16 heteroatoms. The number of aromatic nitrogens is 2. The fourth-order valence-corrected chi connectivity index (χ4v) is 6.30. The van der Waals surface area contributed by atoms with Crippen molar-refractivity contribution in [2.45, 2.75) is 76.9 Å². The van der Waals surface area contributed by atoms with Crippen LogP contribution in [0.1, 0.15) is 58.8 Å². The van der Waals surface area contributed by atoms with Crippen LogP contribution in [0.15, 0.2) is 54.7 Å². The van der Waals surface area contributed by atoms with Crippen molar-refractivity contribution in [3.8, 4) is 11.8 Å². The predicted molar refractivity (Wildman–Crippen MR) is 167 cm³/mol. The summed E-state index contributed by atoms with van der Waals surface area (Å²) >= 11 is 0. The summed E-state index contributed by atoms with van der Waals surface area (Å²) < 4.78 is 50.2. The number of nitrogens with one attached hydrogen (secondary N) is 1. The molecular weight excluding hydrogens is 633 g/mol. The number of benzene rings is 1. The number of anilines is 1. The summed E-state index contributed by atoms with van der Waals surface area (Å²) in [5, 5.41) is 17.5. The molecule has 3 heterocycles. The Bertz CT molecular complexity index is 1660. The number of nitriles is 1. The number of nitrogens with zero attached hydrogens (tertiary/aromatic N) is 3. The van der Waals surface area contributed by atoms with Crippen molar-refractivity contribution in [3.05, 3.63) is 60.4 Å². The largest absolute Gasteiger partial charge is 0.465 e. The third-order valence-electron chi connectivity index (χ3n) is 7.17. The van der Waals surface area contributed by atoms with Gasteiger partial charge in [-0.25, -0.2) is 9.08 Å². The average Bonchev–Trinajstić information content (AvgIpc) is 3.63. The number of carbonyl (C=O) groups excluding carboxylic acids is 3. The van der Waals surface area contributed by atoms with Crippen molar-refractivity contribution in [1.29, 1.82) is 5.26 Å². The van der Waals surface area contributed by atoms with E-state index in [1.807, 2.05) is 13.0 Å². The van der Waals surface area contributed by atoms with Gasteiger partial charge in [-0.3, -0.25) is 18.9 Å². The molecule has 252 valence electrons. The van der Waals surface area contributed by atoms with Gasteiger partial charge in [-0.2, -0.15) is 15.4 Å². The lowest BCUT2D eigenvalue weighted by Gasteiger charge is -2.30. The SMILES string of the molecule is CCCOC(=O)[C@H](C)NP(=O)(OC[C@@]1(C#N)O[C@@H](c2ccc3c(N)ccnn23)[C@H](OC(=O)CC)[C@@H]1OC(=O)CC)Oc1ccccc1. The van der Waals surface area contributed by atoms with Gasteiger partial charge >= 0.3 is 25.7 Å². The lowest BCUT2D eigenvalue weighted by atomic mass is 9.95. The zero-order valence-corrected chi connectivity index (χ0v) is 27.4. The molecule has 1 unspecified atom stereocenters. The highest BCUT2D eigenvalue weighted by molar-refractivity contribution is 7.52. The number of nitrogen functional groups attached to an aromatic ring is 1. The Hall–Kier alpha value is -4.48. The predicted octanol–water partition coefficient (Wildman–Crippen LogP) is 4.03. The minimum absolute atomic E-state index is 0.0378. The van der Waals surface area contributed by atoms with Crippen molar-refractivity contribution < 1.29 is 46.9 Å². The van der Waals surface area contributed by atoms with Crippen molar-refractivity contribution in [2.24, 2.45) is 0 Å². The lowest BCUT2D eigenvalue weighted by molar-refractivity contribution is -0.169. The summed E-state index contributed by atoms with van der Waals surface area (Å²) in [4.78, 5) is 38.0. The first-order valence-electron chi connectivity index (χ1n) is 15.1. The second-order valence-corrected chi connectivity index (χ2v) is 12.3. The summed E-state index contributed by atoms with van der Waals surface area (Å²) in [6.45, 7) is 5.67. The van der Waals surface area contributed by atoms with E-state index >= 15 is 0 Å². The first-order chi connectivity index (χ1) is 22.5. The molecule has 0 bridgehead atoms. The smallest absolute Gasteiger partial charge is 0.459 e. The van der Waals surface area contributed by atoms with Crippen LogP contribution in [0, 0.1) is 11.3 Å². The Morgan fingerprint density at radius 2 is 1.81 bits per heavy atom. The molecule has 0 amide bonds. The Balaban J connectivity index is 1.76. The summed E-state index contributed by atoms with van der Waals surface area (Å²) in [7, 11) is -4.50. The van der Waals surface area contributed by atoms with E-state index in [0.29, 0.717) is 23.3 Å². The van der Waals surface area contributed by atoms with Gasteiger partial charge < -0.3 is 29.2 Å². The molecule has 0 aliphatic carbocycles. The Morgan fingerprint density at radius 3 is 2.47 bits per heavy atom. The number of para-hydroxylation sites is 1. The van der Waals surface area contributed by atoms with Gasteiger partial charge in [0.25, 0.3) is 0 Å². The number of carbonyl (C=O) groups is 3. The highest BCUT2D eigenvalue weighted by atomic mass is 31.2. The van der Waals surface area contributed by atoms with Gasteiger partial charge in [0.2, 0.25) is 5.60 Å². The quantitative estimate of drug-likeness (QED) is 0.133. The van der Waals surface area contributed by atoms with Crippen molar-refractivity contribution in [2.75, 3.05) is 18.9 Å². The molecule has 6 atom stereocenters. The van der Waals surface area contributed by atoms with Gasteiger partial charge in [-0.1, -0.05) is 39.0 Å². The number of esters is 3. The Labute approximate surface area is 271 Å². The molecule has 1 aliphatic heterocycles. The number of rotatable bonds is 15. The number of ether oxygens (including phenoxy) is 4. The molecule has 15 nitrogen and oxygen atoms in total. The van der Waals surface area contributed by atoms with Crippen molar-refractivity contribution >= 4 is 36.9 Å². The molecule has 0 saturated carbocycles. The third-order valence-corrected chi connectivity index (χ3v) is 8.79. The van der Waals surface area contributed by atoms with E-state index in [2.05, 4.69) is 10.2 Å². The molecule has 1 saturated heterocycles. The van der Waals surface area contributed by atoms with Crippen molar-refractivity contribution in [1.82, 2.24) is 14.7 Å². The van der Waals surface area contributed by atoms with Crippen LogP contribution in [0.2, 0.25) is 0 Å². The minimum atomic E-state index is -4.50. The van der Waals surface area contributed by atoms with Crippen LogP contribution in [0.25, 0.3) is 5.52 Å². The molecule has 1 aliphatic rings. The maximum Gasteiger partial charge on any atom is 0.459 e. The third kappa shape index (κ3) is 8.09. The molecule has 0 radical (unpaired) electrons. The van der Waals surface area contributed by atoms with Crippen LogP contribution in [0.4, 0.5) is 5.69 Å². The van der Waals surface area contributed by atoms with E-state index in [9.17, 15) is 24.2 Å².